The molecule has 0 heterocycles. The van der Waals surface area contributed by atoms with Gasteiger partial charge in [-0.1, -0.05) is 109 Å². The molecule has 0 saturated heterocycles. The van der Waals surface area contributed by atoms with Crippen molar-refractivity contribution >= 4 is 44.5 Å². The molecule has 0 aliphatic carbocycles. The Labute approximate surface area is 210 Å². The van der Waals surface area contributed by atoms with Crippen LogP contribution in [0.3, 0.4) is 0 Å². The van der Waals surface area contributed by atoms with E-state index in [4.69, 9.17) is 0 Å². The molecule has 182 valence electrons. The summed E-state index contributed by atoms with van der Waals surface area (Å²) in [7, 11) is -8.61. The number of hydrogen-bond donors (Lipinski definition) is 2. The second-order valence-corrected chi connectivity index (χ2v) is 10.7. The summed E-state index contributed by atoms with van der Waals surface area (Å²) in [5.41, 5.74) is 4.48. The van der Waals surface area contributed by atoms with E-state index >= 15 is 0 Å². The van der Waals surface area contributed by atoms with Crippen molar-refractivity contribution in [1.82, 2.24) is 0 Å². The molecule has 0 amide bonds. The largest absolute Gasteiger partial charge is 0.295 e. The molecular formula is C28H22O6S2. The molecule has 0 aromatic heterocycles. The quantitative estimate of drug-likeness (QED) is 0.223. The molecule has 0 aliphatic heterocycles. The van der Waals surface area contributed by atoms with E-state index in [1.165, 1.54) is 12.1 Å². The first-order valence-electron chi connectivity index (χ1n) is 10.8. The zero-order chi connectivity index (χ0) is 25.8. The van der Waals surface area contributed by atoms with E-state index in [1.54, 1.807) is 60.7 Å². The molecular weight excluding hydrogens is 496 g/mol. The van der Waals surface area contributed by atoms with E-state index in [0.29, 0.717) is 11.1 Å². The van der Waals surface area contributed by atoms with Gasteiger partial charge in [-0.2, -0.15) is 16.8 Å². The van der Waals surface area contributed by atoms with Gasteiger partial charge >= 0.3 is 0 Å². The normalized spacial score (nSPS) is 12.4. The predicted molar refractivity (Wildman–Crippen MR) is 142 cm³/mol. The maximum atomic E-state index is 11.5. The highest BCUT2D eigenvalue weighted by Crippen LogP contribution is 2.24. The molecule has 4 aromatic rings. The van der Waals surface area contributed by atoms with Gasteiger partial charge in [0, 0.05) is 0 Å². The van der Waals surface area contributed by atoms with Crippen LogP contribution in [0.1, 0.15) is 22.3 Å². The monoisotopic (exact) mass is 518 g/mol. The van der Waals surface area contributed by atoms with Gasteiger partial charge in [-0.25, -0.2) is 0 Å². The molecule has 0 aliphatic rings. The van der Waals surface area contributed by atoms with Crippen LogP contribution in [0.15, 0.2) is 107 Å². The average Bonchev–Trinajstić information content (AvgIpc) is 2.86. The Balaban J connectivity index is 1.49. The van der Waals surface area contributed by atoms with Gasteiger partial charge in [0.1, 0.15) is 9.79 Å². The van der Waals surface area contributed by atoms with Crippen molar-refractivity contribution in [3.63, 3.8) is 0 Å². The van der Waals surface area contributed by atoms with Crippen LogP contribution in [0.25, 0.3) is 35.4 Å². The average molecular weight is 519 g/mol. The maximum Gasteiger partial charge on any atom is 0.295 e. The third kappa shape index (κ3) is 6.24. The third-order valence-corrected chi connectivity index (χ3v) is 7.31. The molecule has 0 fully saturated rings. The number of benzene rings is 4. The maximum absolute atomic E-state index is 11.5. The van der Waals surface area contributed by atoms with Gasteiger partial charge in [0.25, 0.3) is 20.2 Å². The lowest BCUT2D eigenvalue weighted by Gasteiger charge is -2.05. The Morgan fingerprint density at radius 1 is 0.444 bits per heavy atom. The SMILES string of the molecule is O=S(=O)(O)c1ccccc1/C=C\c1ccc(-c2ccc(/C=C/c3ccccc3S(=O)(=O)O)cc2)cc1. The summed E-state index contributed by atoms with van der Waals surface area (Å²) in [6, 6.07) is 27.8. The Bertz CT molecular complexity index is 1520. The van der Waals surface area contributed by atoms with Gasteiger partial charge in [0.2, 0.25) is 0 Å². The Kier molecular flexibility index (Phi) is 7.32. The van der Waals surface area contributed by atoms with E-state index in [-0.39, 0.29) is 9.79 Å². The van der Waals surface area contributed by atoms with Crippen LogP contribution in [-0.4, -0.2) is 25.9 Å². The first kappa shape index (κ1) is 25.3. The summed E-state index contributed by atoms with van der Waals surface area (Å²) in [5.74, 6) is 0. The van der Waals surface area contributed by atoms with Crippen LogP contribution in [-0.2, 0) is 20.2 Å². The van der Waals surface area contributed by atoms with Crippen molar-refractivity contribution in [3.05, 3.63) is 119 Å². The van der Waals surface area contributed by atoms with Crippen LogP contribution in [0.2, 0.25) is 0 Å². The highest BCUT2D eigenvalue weighted by atomic mass is 32.2. The molecule has 0 saturated carbocycles. The summed E-state index contributed by atoms with van der Waals surface area (Å²) >= 11 is 0. The van der Waals surface area contributed by atoms with Crippen molar-refractivity contribution in [1.29, 1.82) is 0 Å². The number of rotatable bonds is 7. The third-order valence-electron chi connectivity index (χ3n) is 5.46. The fourth-order valence-corrected chi connectivity index (χ4v) is 5.02. The molecule has 8 heteroatoms. The van der Waals surface area contributed by atoms with Gasteiger partial charge in [0.15, 0.2) is 0 Å². The smallest absolute Gasteiger partial charge is 0.282 e. The van der Waals surface area contributed by atoms with Crippen LogP contribution >= 0.6 is 0 Å². The number of hydrogen-bond acceptors (Lipinski definition) is 4. The summed E-state index contributed by atoms with van der Waals surface area (Å²) < 4.78 is 64.9. The molecule has 6 nitrogen and oxygen atoms in total. The van der Waals surface area contributed by atoms with Crippen molar-refractivity contribution < 1.29 is 25.9 Å². The lowest BCUT2D eigenvalue weighted by Crippen LogP contribution is -2.00. The van der Waals surface area contributed by atoms with Crippen molar-refractivity contribution in [2.45, 2.75) is 9.79 Å². The molecule has 0 radical (unpaired) electrons. The minimum Gasteiger partial charge on any atom is -0.282 e. The predicted octanol–water partition coefficient (Wildman–Crippen LogP) is 6.19. The zero-order valence-corrected chi connectivity index (χ0v) is 20.5. The fraction of sp³-hybridized carbons (Fsp3) is 0. The van der Waals surface area contributed by atoms with Crippen LogP contribution in [0, 0.1) is 0 Å². The van der Waals surface area contributed by atoms with E-state index in [2.05, 4.69) is 0 Å². The lowest BCUT2D eigenvalue weighted by molar-refractivity contribution is 0.480. The molecule has 2 N–H and O–H groups in total. The summed E-state index contributed by atoms with van der Waals surface area (Å²) in [4.78, 5) is -0.290. The van der Waals surface area contributed by atoms with Gasteiger partial charge in [-0.15, -0.1) is 0 Å². The minimum absolute atomic E-state index is 0.145. The molecule has 0 unspecified atom stereocenters. The van der Waals surface area contributed by atoms with Crippen LogP contribution in [0.5, 0.6) is 0 Å². The topological polar surface area (TPSA) is 109 Å². The second kappa shape index (κ2) is 10.4. The highest BCUT2D eigenvalue weighted by Gasteiger charge is 2.13. The molecule has 0 atom stereocenters. The first-order valence-corrected chi connectivity index (χ1v) is 13.7. The minimum atomic E-state index is -4.31. The summed E-state index contributed by atoms with van der Waals surface area (Å²) in [6.45, 7) is 0. The van der Waals surface area contributed by atoms with Gasteiger partial charge in [-0.3, -0.25) is 9.11 Å². The standard InChI is InChI=1S/C28H22O6S2/c29-35(30,31)27-7-3-1-5-25(27)19-13-21-9-15-23(16-10-21)24-17-11-22(12-18-24)14-20-26-6-2-4-8-28(26)36(32,33)34/h1-20H,(H,29,30,31)(H,32,33,34)/b19-13-,20-14+. The molecule has 4 rings (SSSR count). The Hall–Kier alpha value is -3.82. The first-order chi connectivity index (χ1) is 17.1. The summed E-state index contributed by atoms with van der Waals surface area (Å²) in [6.07, 6.45) is 6.82. The molecule has 0 spiro atoms. The van der Waals surface area contributed by atoms with Gasteiger partial charge < -0.3 is 0 Å². The second-order valence-electron chi connectivity index (χ2n) is 7.94. The molecule has 4 aromatic carbocycles. The zero-order valence-electron chi connectivity index (χ0n) is 18.9. The molecule has 0 bridgehead atoms. The van der Waals surface area contributed by atoms with Crippen molar-refractivity contribution in [2.24, 2.45) is 0 Å². The van der Waals surface area contributed by atoms with E-state index < -0.39 is 20.2 Å². The molecule has 36 heavy (non-hydrogen) atoms. The van der Waals surface area contributed by atoms with Crippen molar-refractivity contribution in [2.75, 3.05) is 0 Å². The van der Waals surface area contributed by atoms with E-state index in [9.17, 15) is 25.9 Å². The van der Waals surface area contributed by atoms with Crippen LogP contribution < -0.4 is 0 Å². The lowest BCUT2D eigenvalue weighted by atomic mass is 10.0. The van der Waals surface area contributed by atoms with Gasteiger partial charge in [0.05, 0.1) is 0 Å². The fourth-order valence-electron chi connectivity index (χ4n) is 3.65. The van der Waals surface area contributed by atoms with Crippen LogP contribution in [0.4, 0.5) is 0 Å². The highest BCUT2D eigenvalue weighted by molar-refractivity contribution is 7.86. The summed E-state index contributed by atoms with van der Waals surface area (Å²) in [5, 5.41) is 0. The van der Waals surface area contributed by atoms with E-state index in [0.717, 1.165) is 22.3 Å². The van der Waals surface area contributed by atoms with Crippen molar-refractivity contribution in [3.8, 4) is 11.1 Å². The van der Waals surface area contributed by atoms with Gasteiger partial charge in [-0.05, 0) is 45.5 Å². The Morgan fingerprint density at radius 3 is 1.11 bits per heavy atom. The van der Waals surface area contributed by atoms with E-state index in [1.807, 2.05) is 48.5 Å². The Morgan fingerprint density at radius 2 is 0.778 bits per heavy atom.